The highest BCUT2D eigenvalue weighted by Crippen LogP contribution is 2.25. The van der Waals surface area contributed by atoms with Crippen molar-refractivity contribution in [1.82, 2.24) is 15.5 Å². The number of urea groups is 1. The largest absolute Gasteiger partial charge is 0.352 e. The van der Waals surface area contributed by atoms with E-state index < -0.39 is 30.4 Å². The number of imide groups is 1. The van der Waals surface area contributed by atoms with Crippen molar-refractivity contribution in [2.75, 3.05) is 18.0 Å². The molecule has 0 radical (unpaired) electrons. The van der Waals surface area contributed by atoms with Gasteiger partial charge in [-0.2, -0.15) is 0 Å². The quantitative estimate of drug-likeness (QED) is 0.733. The molecule has 26 heavy (non-hydrogen) atoms. The van der Waals surface area contributed by atoms with E-state index in [0.29, 0.717) is 5.69 Å². The first-order chi connectivity index (χ1) is 12.2. The molecule has 1 fully saturated rings. The molecule has 8 heteroatoms. The Hall–Kier alpha value is -2.90. The third-order valence-corrected chi connectivity index (χ3v) is 3.96. The third kappa shape index (κ3) is 4.38. The number of nitrogens with one attached hydrogen (secondary N) is 2. The zero-order chi connectivity index (χ0) is 19.4. The van der Waals surface area contributed by atoms with Crippen molar-refractivity contribution in [2.24, 2.45) is 0 Å². The third-order valence-electron chi connectivity index (χ3n) is 3.96. The first-order valence-electron chi connectivity index (χ1n) is 8.48. The number of benzene rings is 1. The van der Waals surface area contributed by atoms with E-state index in [1.54, 1.807) is 19.1 Å². The predicted octanol–water partition coefficient (Wildman–Crippen LogP) is 0.793. The molecule has 8 nitrogen and oxygen atoms in total. The maximum absolute atomic E-state index is 12.6. The van der Waals surface area contributed by atoms with Crippen LogP contribution in [0.4, 0.5) is 10.5 Å². The summed E-state index contributed by atoms with van der Waals surface area (Å²) in [6, 6.07) is 5.94. The van der Waals surface area contributed by atoms with Crippen LogP contribution in [-0.4, -0.2) is 53.8 Å². The first-order valence-corrected chi connectivity index (χ1v) is 8.48. The summed E-state index contributed by atoms with van der Waals surface area (Å²) in [6.07, 6.45) is 0. The van der Waals surface area contributed by atoms with Gasteiger partial charge in [-0.05, 0) is 39.8 Å². The fourth-order valence-electron chi connectivity index (χ4n) is 2.66. The molecule has 0 saturated carbocycles. The van der Waals surface area contributed by atoms with Crippen LogP contribution >= 0.6 is 0 Å². The van der Waals surface area contributed by atoms with Crippen molar-refractivity contribution in [3.05, 3.63) is 29.8 Å². The van der Waals surface area contributed by atoms with Crippen LogP contribution in [0.15, 0.2) is 24.3 Å². The Kier molecular flexibility index (Phi) is 5.97. The number of rotatable bonds is 6. The monoisotopic (exact) mass is 360 g/mol. The van der Waals surface area contributed by atoms with Gasteiger partial charge < -0.3 is 10.6 Å². The lowest BCUT2D eigenvalue weighted by Gasteiger charge is -2.19. The van der Waals surface area contributed by atoms with Crippen molar-refractivity contribution in [2.45, 2.75) is 39.8 Å². The second kappa shape index (κ2) is 7.99. The minimum Gasteiger partial charge on any atom is -0.352 e. The number of carbonyl (C=O) groups is 4. The zero-order valence-corrected chi connectivity index (χ0v) is 15.4. The summed E-state index contributed by atoms with van der Waals surface area (Å²) in [5.74, 6) is -1.34. The van der Waals surface area contributed by atoms with Crippen LogP contribution < -0.4 is 15.5 Å². The van der Waals surface area contributed by atoms with E-state index in [-0.39, 0.29) is 18.5 Å². The van der Waals surface area contributed by atoms with Gasteiger partial charge in [0, 0.05) is 11.7 Å². The zero-order valence-electron chi connectivity index (χ0n) is 15.4. The van der Waals surface area contributed by atoms with Crippen LogP contribution in [-0.2, 0) is 14.4 Å². The second-order valence-corrected chi connectivity index (χ2v) is 6.59. The number of aryl methyl sites for hydroxylation is 1. The van der Waals surface area contributed by atoms with Crippen molar-refractivity contribution in [3.8, 4) is 0 Å². The van der Waals surface area contributed by atoms with Crippen LogP contribution in [0.5, 0.6) is 0 Å². The van der Waals surface area contributed by atoms with Gasteiger partial charge in [0.1, 0.15) is 12.6 Å². The highest BCUT2D eigenvalue weighted by Gasteiger charge is 2.43. The molecule has 1 aliphatic rings. The number of carbonyl (C=O) groups excluding carboxylic acids is 4. The summed E-state index contributed by atoms with van der Waals surface area (Å²) >= 11 is 0. The molecule has 1 aliphatic heterocycles. The number of hydrogen-bond acceptors (Lipinski definition) is 4. The second-order valence-electron chi connectivity index (χ2n) is 6.59. The van der Waals surface area contributed by atoms with E-state index in [9.17, 15) is 19.2 Å². The van der Waals surface area contributed by atoms with Gasteiger partial charge in [0.2, 0.25) is 11.8 Å². The van der Waals surface area contributed by atoms with Crippen molar-refractivity contribution in [1.29, 1.82) is 0 Å². The van der Waals surface area contributed by atoms with E-state index in [0.717, 1.165) is 10.5 Å². The molecular weight excluding hydrogens is 336 g/mol. The first kappa shape index (κ1) is 19.4. The molecule has 140 valence electrons. The highest BCUT2D eigenvalue weighted by atomic mass is 16.2. The van der Waals surface area contributed by atoms with Gasteiger partial charge in [0.15, 0.2) is 0 Å². The lowest BCUT2D eigenvalue weighted by atomic mass is 10.2. The van der Waals surface area contributed by atoms with E-state index in [4.69, 9.17) is 0 Å². The Labute approximate surface area is 152 Å². The molecule has 1 heterocycles. The Balaban J connectivity index is 2.00. The van der Waals surface area contributed by atoms with E-state index >= 15 is 0 Å². The summed E-state index contributed by atoms with van der Waals surface area (Å²) in [5, 5.41) is 5.06. The van der Waals surface area contributed by atoms with Crippen LogP contribution in [0.1, 0.15) is 26.3 Å². The molecule has 5 amide bonds. The van der Waals surface area contributed by atoms with E-state index in [1.807, 2.05) is 32.9 Å². The maximum atomic E-state index is 12.6. The molecule has 0 unspecified atom stereocenters. The fraction of sp³-hybridized carbons (Fsp3) is 0.444. The minimum absolute atomic E-state index is 0.0370. The molecule has 0 bridgehead atoms. The van der Waals surface area contributed by atoms with Gasteiger partial charge in [-0.1, -0.05) is 17.7 Å². The lowest BCUT2D eigenvalue weighted by molar-refractivity contribution is -0.132. The fourth-order valence-corrected chi connectivity index (χ4v) is 2.66. The highest BCUT2D eigenvalue weighted by molar-refractivity contribution is 6.15. The normalized spacial score (nSPS) is 17.0. The van der Waals surface area contributed by atoms with Crippen molar-refractivity contribution in [3.63, 3.8) is 0 Å². The average Bonchev–Trinajstić information content (AvgIpc) is 2.77. The number of nitrogens with zero attached hydrogens (tertiary/aromatic N) is 2. The summed E-state index contributed by atoms with van der Waals surface area (Å²) in [7, 11) is 0. The smallest absolute Gasteiger partial charge is 0.332 e. The molecule has 1 atom stereocenters. The molecule has 0 spiro atoms. The molecule has 2 N–H and O–H groups in total. The Morgan fingerprint density at radius 1 is 1.12 bits per heavy atom. The Bertz CT molecular complexity index is 714. The summed E-state index contributed by atoms with van der Waals surface area (Å²) in [5.41, 5.74) is 1.64. The molecule has 0 aliphatic carbocycles. The maximum Gasteiger partial charge on any atom is 0.332 e. The topological polar surface area (TPSA) is 98.8 Å². The Morgan fingerprint density at radius 2 is 1.73 bits per heavy atom. The van der Waals surface area contributed by atoms with Gasteiger partial charge in [0.25, 0.3) is 5.91 Å². The van der Waals surface area contributed by atoms with Gasteiger partial charge in [-0.3, -0.25) is 24.2 Å². The van der Waals surface area contributed by atoms with Crippen molar-refractivity contribution >= 4 is 29.4 Å². The van der Waals surface area contributed by atoms with Crippen LogP contribution in [0.25, 0.3) is 0 Å². The molecule has 2 rings (SSSR count). The predicted molar refractivity (Wildman–Crippen MR) is 96.5 cm³/mol. The summed E-state index contributed by atoms with van der Waals surface area (Å²) < 4.78 is 0. The van der Waals surface area contributed by atoms with Crippen LogP contribution in [0, 0.1) is 6.92 Å². The standard InChI is InChI=1S/C18H24N4O4/c1-11(2)20-15(23)9-19-16(24)10-21-17(25)13(4)22(18(21)26)14-7-5-12(3)6-8-14/h5-8,11,13H,9-10H2,1-4H3,(H,19,24)(H,20,23)/t13-/m1/s1. The van der Waals surface area contributed by atoms with E-state index in [1.165, 1.54) is 4.90 Å². The molecule has 0 aromatic heterocycles. The number of anilines is 1. The molecule has 1 saturated heterocycles. The van der Waals surface area contributed by atoms with Gasteiger partial charge >= 0.3 is 6.03 Å². The SMILES string of the molecule is Cc1ccc(N2C(=O)N(CC(=O)NCC(=O)NC(C)C)C(=O)[C@H]2C)cc1. The molecule has 1 aromatic carbocycles. The lowest BCUT2D eigenvalue weighted by Crippen LogP contribution is -2.45. The van der Waals surface area contributed by atoms with Crippen LogP contribution in [0.2, 0.25) is 0 Å². The van der Waals surface area contributed by atoms with Gasteiger partial charge in [0.05, 0.1) is 6.54 Å². The van der Waals surface area contributed by atoms with Crippen molar-refractivity contribution < 1.29 is 19.2 Å². The molecular formula is C18H24N4O4. The van der Waals surface area contributed by atoms with E-state index in [2.05, 4.69) is 10.6 Å². The van der Waals surface area contributed by atoms with Gasteiger partial charge in [-0.25, -0.2) is 4.79 Å². The summed E-state index contributed by atoms with van der Waals surface area (Å²) in [6.45, 7) is 6.54. The minimum atomic E-state index is -0.692. The number of amides is 5. The summed E-state index contributed by atoms with van der Waals surface area (Å²) in [4.78, 5) is 50.8. The molecule has 1 aromatic rings. The van der Waals surface area contributed by atoms with Crippen LogP contribution in [0.3, 0.4) is 0 Å². The number of hydrogen-bond donors (Lipinski definition) is 2. The Morgan fingerprint density at radius 3 is 2.31 bits per heavy atom. The average molecular weight is 360 g/mol. The van der Waals surface area contributed by atoms with Gasteiger partial charge in [-0.15, -0.1) is 0 Å².